The zero-order chi connectivity index (χ0) is 25.3. The first kappa shape index (κ1) is 24.3. The summed E-state index contributed by atoms with van der Waals surface area (Å²) in [5, 5.41) is 4.60. The van der Waals surface area contributed by atoms with Gasteiger partial charge < -0.3 is 14.4 Å². The van der Waals surface area contributed by atoms with Crippen molar-refractivity contribution < 1.29 is 18.7 Å². The maximum atomic E-state index is 14.0. The maximum absolute atomic E-state index is 14.0. The van der Waals surface area contributed by atoms with Gasteiger partial charge in [0.25, 0.3) is 0 Å². The van der Waals surface area contributed by atoms with E-state index in [-0.39, 0.29) is 23.1 Å². The van der Waals surface area contributed by atoms with E-state index in [2.05, 4.69) is 18.1 Å². The van der Waals surface area contributed by atoms with Crippen LogP contribution in [-0.4, -0.2) is 48.0 Å². The van der Waals surface area contributed by atoms with Gasteiger partial charge in [0.15, 0.2) is 0 Å². The number of allylic oxidation sites excluding steroid dienone is 1. The van der Waals surface area contributed by atoms with Crippen LogP contribution in [0.1, 0.15) is 36.6 Å². The second-order valence-corrected chi connectivity index (χ2v) is 9.90. The van der Waals surface area contributed by atoms with Crippen molar-refractivity contribution in [1.29, 1.82) is 0 Å². The molecule has 1 amide bonds. The normalized spacial score (nSPS) is 20.4. The maximum Gasteiger partial charge on any atom is 0.226 e. The molecule has 5 rings (SSSR count). The highest BCUT2D eigenvalue weighted by molar-refractivity contribution is 5.82. The third-order valence-corrected chi connectivity index (χ3v) is 7.74. The van der Waals surface area contributed by atoms with E-state index in [1.54, 1.807) is 26.4 Å². The molecule has 1 saturated carbocycles. The summed E-state index contributed by atoms with van der Waals surface area (Å²) in [7, 11) is 3.31. The van der Waals surface area contributed by atoms with Gasteiger partial charge in [0.2, 0.25) is 5.91 Å². The lowest BCUT2D eigenvalue weighted by Gasteiger charge is -2.37. The second kappa shape index (κ2) is 9.90. The average molecular weight is 490 g/mol. The van der Waals surface area contributed by atoms with Crippen molar-refractivity contribution in [1.82, 2.24) is 14.7 Å². The van der Waals surface area contributed by atoms with E-state index in [0.717, 1.165) is 47.5 Å². The molecule has 2 aliphatic carbocycles. The predicted molar refractivity (Wildman–Crippen MR) is 136 cm³/mol. The summed E-state index contributed by atoms with van der Waals surface area (Å²) in [6, 6.07) is 14.2. The van der Waals surface area contributed by atoms with Gasteiger partial charge in [-0.3, -0.25) is 4.79 Å². The third-order valence-electron chi connectivity index (χ3n) is 7.74. The second-order valence-electron chi connectivity index (χ2n) is 9.90. The van der Waals surface area contributed by atoms with Crippen molar-refractivity contribution in [2.75, 3.05) is 27.4 Å². The van der Waals surface area contributed by atoms with Gasteiger partial charge in [0, 0.05) is 31.5 Å². The molecular formula is C29H32FN3O3. The molecule has 0 bridgehead atoms. The molecule has 36 heavy (non-hydrogen) atoms. The number of rotatable bonds is 8. The van der Waals surface area contributed by atoms with Crippen LogP contribution >= 0.6 is 0 Å². The van der Waals surface area contributed by atoms with Crippen LogP contribution in [-0.2, 0) is 22.5 Å². The van der Waals surface area contributed by atoms with Crippen molar-refractivity contribution in [2.24, 2.45) is 11.3 Å². The molecule has 188 valence electrons. The highest BCUT2D eigenvalue weighted by Crippen LogP contribution is 2.53. The fraction of sp³-hybridized carbons (Fsp3) is 0.379. The number of methoxy groups -OCH3 is 2. The summed E-state index contributed by atoms with van der Waals surface area (Å²) < 4.78 is 25.9. The lowest BCUT2D eigenvalue weighted by atomic mass is 9.69. The van der Waals surface area contributed by atoms with Crippen LogP contribution in [0.4, 0.5) is 4.39 Å². The van der Waals surface area contributed by atoms with Crippen molar-refractivity contribution in [3.63, 3.8) is 0 Å². The number of fused-ring (bicyclic) bond motifs is 2. The summed E-state index contributed by atoms with van der Waals surface area (Å²) >= 11 is 0. The molecule has 2 aliphatic rings. The van der Waals surface area contributed by atoms with E-state index in [1.807, 2.05) is 40.0 Å². The molecule has 2 atom stereocenters. The monoisotopic (exact) mass is 489 g/mol. The first-order valence-electron chi connectivity index (χ1n) is 12.4. The van der Waals surface area contributed by atoms with Gasteiger partial charge in [-0.1, -0.05) is 24.6 Å². The molecule has 1 aromatic heterocycles. The minimum absolute atomic E-state index is 0.110. The van der Waals surface area contributed by atoms with Crippen molar-refractivity contribution >= 4 is 12.0 Å². The van der Waals surface area contributed by atoms with E-state index >= 15 is 0 Å². The quantitative estimate of drug-likeness (QED) is 0.444. The van der Waals surface area contributed by atoms with Crippen LogP contribution in [0.5, 0.6) is 5.75 Å². The Morgan fingerprint density at radius 3 is 2.61 bits per heavy atom. The van der Waals surface area contributed by atoms with E-state index in [9.17, 15) is 9.18 Å². The first-order chi connectivity index (χ1) is 17.4. The summed E-state index contributed by atoms with van der Waals surface area (Å²) in [5.74, 6) is 0.589. The SMILES string of the molecule is COCCN(Cc1ccc(OC)cc1)C(=O)[C@H]1CCC2=Cc3c(cnn3-c3ccc(F)cc3)C[C@@]21C. The Labute approximate surface area is 211 Å². The molecule has 2 aromatic carbocycles. The van der Waals surface area contributed by atoms with E-state index in [0.29, 0.717) is 19.7 Å². The average Bonchev–Trinajstić information content (AvgIpc) is 3.44. The molecule has 0 spiro atoms. The van der Waals surface area contributed by atoms with Gasteiger partial charge >= 0.3 is 0 Å². The topological polar surface area (TPSA) is 56.6 Å². The van der Waals surface area contributed by atoms with Crippen molar-refractivity contribution in [2.45, 2.75) is 32.7 Å². The Hall–Kier alpha value is -3.45. The first-order valence-corrected chi connectivity index (χ1v) is 12.4. The number of halogens is 1. The molecule has 0 N–H and O–H groups in total. The minimum Gasteiger partial charge on any atom is -0.497 e. The highest BCUT2D eigenvalue weighted by atomic mass is 19.1. The molecule has 0 radical (unpaired) electrons. The smallest absolute Gasteiger partial charge is 0.226 e. The number of carbonyl (C=O) groups is 1. The molecule has 1 heterocycles. The van der Waals surface area contributed by atoms with Gasteiger partial charge in [-0.05, 0) is 72.9 Å². The zero-order valence-electron chi connectivity index (χ0n) is 21.0. The van der Waals surface area contributed by atoms with Gasteiger partial charge in [-0.25, -0.2) is 9.07 Å². The number of amides is 1. The summed E-state index contributed by atoms with van der Waals surface area (Å²) in [4.78, 5) is 15.9. The Morgan fingerprint density at radius 2 is 1.92 bits per heavy atom. The van der Waals surface area contributed by atoms with Crippen LogP contribution < -0.4 is 4.74 Å². The lowest BCUT2D eigenvalue weighted by Crippen LogP contribution is -2.43. The predicted octanol–water partition coefficient (Wildman–Crippen LogP) is 5.05. The van der Waals surface area contributed by atoms with Crippen LogP contribution in [0.3, 0.4) is 0 Å². The largest absolute Gasteiger partial charge is 0.497 e. The standard InChI is InChI=1S/C29H32FN3O3/c1-29-17-21-18-31-33(24-9-7-23(30)8-10-24)27(21)16-22(29)6-13-26(29)28(34)32(14-15-35-2)19-20-4-11-25(36-3)12-5-20/h4-5,7-12,16,18,26H,6,13-15,17,19H2,1-3H3/t26-,29+/m1/s1. The van der Waals surface area contributed by atoms with Crippen molar-refractivity contribution in [3.05, 3.63) is 82.9 Å². The number of carbonyl (C=O) groups excluding carboxylic acids is 1. The molecule has 0 aliphatic heterocycles. The van der Waals surface area contributed by atoms with Crippen LogP contribution in [0.2, 0.25) is 0 Å². The minimum atomic E-state index is -0.268. The number of hydrogen-bond donors (Lipinski definition) is 0. The molecular weight excluding hydrogens is 457 g/mol. The molecule has 7 heteroatoms. The number of benzene rings is 2. The van der Waals surface area contributed by atoms with Gasteiger partial charge in [-0.15, -0.1) is 0 Å². The Morgan fingerprint density at radius 1 is 1.17 bits per heavy atom. The summed E-state index contributed by atoms with van der Waals surface area (Å²) in [5.41, 5.74) is 5.06. The van der Waals surface area contributed by atoms with Gasteiger partial charge in [0.1, 0.15) is 11.6 Å². The Balaban J connectivity index is 1.40. The van der Waals surface area contributed by atoms with Crippen LogP contribution in [0.15, 0.2) is 60.3 Å². The van der Waals surface area contributed by atoms with E-state index in [4.69, 9.17) is 9.47 Å². The molecule has 0 saturated heterocycles. The van der Waals surface area contributed by atoms with Gasteiger partial charge in [0.05, 0.1) is 31.3 Å². The fourth-order valence-electron chi connectivity index (χ4n) is 5.67. The number of aromatic nitrogens is 2. The zero-order valence-corrected chi connectivity index (χ0v) is 21.0. The number of nitrogens with zero attached hydrogens (tertiary/aromatic N) is 3. The molecule has 1 fully saturated rings. The highest BCUT2D eigenvalue weighted by Gasteiger charge is 2.49. The summed E-state index contributed by atoms with van der Waals surface area (Å²) in [6.45, 7) is 3.78. The fourth-order valence-corrected chi connectivity index (χ4v) is 5.67. The molecule has 6 nitrogen and oxygen atoms in total. The van der Waals surface area contributed by atoms with Gasteiger partial charge in [-0.2, -0.15) is 5.10 Å². The van der Waals surface area contributed by atoms with Crippen LogP contribution in [0, 0.1) is 17.2 Å². The van der Waals surface area contributed by atoms with E-state index < -0.39 is 0 Å². The van der Waals surface area contributed by atoms with Crippen molar-refractivity contribution in [3.8, 4) is 11.4 Å². The molecule has 3 aromatic rings. The third kappa shape index (κ3) is 4.44. The number of ether oxygens (including phenoxy) is 2. The Kier molecular flexibility index (Phi) is 6.67. The number of hydrogen-bond acceptors (Lipinski definition) is 4. The lowest BCUT2D eigenvalue weighted by molar-refractivity contribution is -0.139. The van der Waals surface area contributed by atoms with E-state index in [1.165, 1.54) is 17.7 Å². The summed E-state index contributed by atoms with van der Waals surface area (Å²) in [6.07, 6.45) is 6.54. The van der Waals surface area contributed by atoms with Crippen LogP contribution in [0.25, 0.3) is 11.8 Å². The molecule has 0 unspecified atom stereocenters. The Bertz CT molecular complexity index is 1270.